The molecule has 0 rings (SSSR count). The monoisotopic (exact) mass is 252 g/mol. The van der Waals surface area contributed by atoms with Crippen LogP contribution in [0.4, 0.5) is 0 Å². The predicted molar refractivity (Wildman–Crippen MR) is 65.3 cm³/mol. The van der Waals surface area contributed by atoms with Gasteiger partial charge in [-0.1, -0.05) is 6.92 Å². The predicted octanol–water partition coefficient (Wildman–Crippen LogP) is 2.04. The van der Waals surface area contributed by atoms with Crippen LogP contribution in [0.5, 0.6) is 0 Å². The maximum absolute atomic E-state index is 5.58. The minimum atomic E-state index is -2.19. The van der Waals surface area contributed by atoms with Crippen LogP contribution in [0.15, 0.2) is 0 Å². The summed E-state index contributed by atoms with van der Waals surface area (Å²) in [5, 5.41) is 0.259. The first-order valence-electron chi connectivity index (χ1n) is 5.14. The van der Waals surface area contributed by atoms with Crippen molar-refractivity contribution < 1.29 is 17.7 Å². The first-order valence-corrected chi connectivity index (χ1v) is 9.93. The Morgan fingerprint density at radius 2 is 1.07 bits per heavy atom. The third-order valence-electron chi connectivity index (χ3n) is 3.30. The maximum atomic E-state index is 5.58. The molecule has 0 amide bonds. The maximum Gasteiger partial charge on any atom is 0.339 e. The van der Waals surface area contributed by atoms with Gasteiger partial charge in [-0.25, -0.2) is 0 Å². The molecule has 0 aromatic rings. The molecule has 0 aliphatic carbocycles. The quantitative estimate of drug-likeness (QED) is 0.650. The molecule has 0 heterocycles. The van der Waals surface area contributed by atoms with Gasteiger partial charge in [0.05, 0.1) is 0 Å². The molecule has 0 aromatic carbocycles. The third kappa shape index (κ3) is 3.11. The normalized spacial score (nSPS) is 13.6. The summed E-state index contributed by atoms with van der Waals surface area (Å²) in [5.74, 6) is 0. The van der Waals surface area contributed by atoms with Crippen molar-refractivity contribution in [2.24, 2.45) is 0 Å². The molecule has 0 bridgehead atoms. The zero-order valence-corrected chi connectivity index (χ0v) is 12.9. The van der Waals surface area contributed by atoms with Gasteiger partial charge in [-0.15, -0.1) is 0 Å². The summed E-state index contributed by atoms with van der Waals surface area (Å²) in [6, 6.07) is 0. The molecular formula is C9H24O4Si2. The van der Waals surface area contributed by atoms with Crippen LogP contribution >= 0.6 is 0 Å². The molecule has 0 aliphatic heterocycles. The van der Waals surface area contributed by atoms with Crippen molar-refractivity contribution >= 4 is 17.1 Å². The largest absolute Gasteiger partial charge is 0.398 e. The minimum Gasteiger partial charge on any atom is -0.398 e. The Kier molecular flexibility index (Phi) is 6.23. The van der Waals surface area contributed by atoms with Crippen molar-refractivity contribution in [3.63, 3.8) is 0 Å². The molecule has 4 nitrogen and oxygen atoms in total. The van der Waals surface area contributed by atoms with Crippen LogP contribution in [-0.4, -0.2) is 45.6 Å². The van der Waals surface area contributed by atoms with Gasteiger partial charge >= 0.3 is 17.1 Å². The Bertz CT molecular complexity index is 163. The van der Waals surface area contributed by atoms with E-state index in [0.717, 1.165) is 6.42 Å². The van der Waals surface area contributed by atoms with Crippen molar-refractivity contribution in [3.8, 4) is 0 Å². The van der Waals surface area contributed by atoms with E-state index in [1.54, 1.807) is 28.4 Å². The lowest BCUT2D eigenvalue weighted by atomic mass is 10.6. The summed E-state index contributed by atoms with van der Waals surface area (Å²) in [6.45, 7) is 6.24. The van der Waals surface area contributed by atoms with Crippen molar-refractivity contribution in [2.75, 3.05) is 28.4 Å². The second-order valence-corrected chi connectivity index (χ2v) is 11.5. The molecule has 0 atom stereocenters. The smallest absolute Gasteiger partial charge is 0.339 e. The van der Waals surface area contributed by atoms with E-state index < -0.39 is 17.1 Å². The molecule has 0 fully saturated rings. The van der Waals surface area contributed by atoms with Gasteiger partial charge in [0.25, 0.3) is 0 Å². The highest BCUT2D eigenvalue weighted by atomic mass is 28.4. The van der Waals surface area contributed by atoms with Crippen LogP contribution in [0, 0.1) is 0 Å². The van der Waals surface area contributed by atoms with Gasteiger partial charge in [-0.3, -0.25) is 0 Å². The molecule has 0 spiro atoms. The molecule has 0 aromatic heterocycles. The Labute approximate surface area is 95.4 Å². The average Bonchev–Trinajstić information content (AvgIpc) is 2.29. The zero-order valence-electron chi connectivity index (χ0n) is 10.9. The Morgan fingerprint density at radius 1 is 0.800 bits per heavy atom. The molecule has 92 valence electrons. The fraction of sp³-hybridized carbons (Fsp3) is 1.00. The van der Waals surface area contributed by atoms with Gasteiger partial charge in [0.2, 0.25) is 0 Å². The lowest BCUT2D eigenvalue weighted by Gasteiger charge is -2.39. The Morgan fingerprint density at radius 3 is 1.20 bits per heavy atom. The average molecular weight is 252 g/mol. The molecular weight excluding hydrogens is 228 g/mol. The lowest BCUT2D eigenvalue weighted by molar-refractivity contribution is 0.208. The van der Waals surface area contributed by atoms with Gasteiger partial charge in [0.15, 0.2) is 0 Å². The first-order chi connectivity index (χ1) is 6.94. The summed E-state index contributed by atoms with van der Waals surface area (Å²) >= 11 is 0. The van der Waals surface area contributed by atoms with E-state index >= 15 is 0 Å². The highest BCUT2D eigenvalue weighted by Crippen LogP contribution is 2.36. The summed E-state index contributed by atoms with van der Waals surface area (Å²) in [5.41, 5.74) is 0. The second kappa shape index (κ2) is 6.12. The second-order valence-electron chi connectivity index (χ2n) is 3.81. The van der Waals surface area contributed by atoms with Gasteiger partial charge in [0.1, 0.15) is 0 Å². The molecule has 6 heteroatoms. The first kappa shape index (κ1) is 15.3. The molecule has 15 heavy (non-hydrogen) atoms. The van der Waals surface area contributed by atoms with E-state index in [1.165, 1.54) is 0 Å². The summed E-state index contributed by atoms with van der Waals surface area (Å²) in [6.07, 6.45) is 0.953. The molecule has 0 saturated heterocycles. The lowest BCUT2D eigenvalue weighted by Crippen LogP contribution is -2.56. The van der Waals surface area contributed by atoms with Crippen LogP contribution in [0.1, 0.15) is 13.3 Å². The van der Waals surface area contributed by atoms with E-state index in [1.807, 2.05) is 0 Å². The SMILES string of the molecule is CCC([Si](C)(OC)OC)[Si](C)(OC)OC. The zero-order chi connectivity index (χ0) is 12.1. The van der Waals surface area contributed by atoms with E-state index in [-0.39, 0.29) is 5.16 Å². The van der Waals surface area contributed by atoms with Crippen molar-refractivity contribution in [2.45, 2.75) is 31.6 Å². The fourth-order valence-electron chi connectivity index (χ4n) is 1.95. The highest BCUT2D eigenvalue weighted by molar-refractivity contribution is 6.87. The standard InChI is InChI=1S/C9H24O4Si2/c1-8-9(14(6,10-2)11-3)15(7,12-4)13-5/h9H,8H2,1-7H3. The number of hydrogen-bond donors (Lipinski definition) is 0. The van der Waals surface area contributed by atoms with Gasteiger partial charge in [-0.05, 0) is 19.5 Å². The molecule has 0 saturated carbocycles. The van der Waals surface area contributed by atoms with Gasteiger partial charge < -0.3 is 17.7 Å². The van der Waals surface area contributed by atoms with E-state index in [0.29, 0.717) is 0 Å². The van der Waals surface area contributed by atoms with Crippen LogP contribution in [-0.2, 0) is 17.7 Å². The number of rotatable bonds is 7. The van der Waals surface area contributed by atoms with Crippen LogP contribution < -0.4 is 0 Å². The van der Waals surface area contributed by atoms with Gasteiger partial charge in [-0.2, -0.15) is 0 Å². The summed E-state index contributed by atoms with van der Waals surface area (Å²) in [7, 11) is 2.44. The summed E-state index contributed by atoms with van der Waals surface area (Å²) in [4.78, 5) is 0. The molecule has 0 N–H and O–H groups in total. The van der Waals surface area contributed by atoms with Crippen molar-refractivity contribution in [3.05, 3.63) is 0 Å². The Balaban J connectivity index is 5.02. The molecule has 0 aliphatic rings. The van der Waals surface area contributed by atoms with E-state index in [2.05, 4.69) is 20.0 Å². The number of hydrogen-bond acceptors (Lipinski definition) is 4. The van der Waals surface area contributed by atoms with Crippen LogP contribution in [0.2, 0.25) is 18.3 Å². The topological polar surface area (TPSA) is 36.9 Å². The van der Waals surface area contributed by atoms with Crippen LogP contribution in [0.3, 0.4) is 0 Å². The molecule has 0 radical (unpaired) electrons. The van der Waals surface area contributed by atoms with Gasteiger partial charge in [0, 0.05) is 33.6 Å². The van der Waals surface area contributed by atoms with E-state index in [4.69, 9.17) is 17.7 Å². The van der Waals surface area contributed by atoms with E-state index in [9.17, 15) is 0 Å². The minimum absolute atomic E-state index is 0.259. The summed E-state index contributed by atoms with van der Waals surface area (Å²) < 4.78 is 22.3. The molecule has 0 unspecified atom stereocenters. The third-order valence-corrected chi connectivity index (χ3v) is 13.0. The van der Waals surface area contributed by atoms with Crippen molar-refractivity contribution in [1.29, 1.82) is 0 Å². The van der Waals surface area contributed by atoms with Crippen molar-refractivity contribution in [1.82, 2.24) is 0 Å². The van der Waals surface area contributed by atoms with Crippen LogP contribution in [0.25, 0.3) is 0 Å². The fourth-order valence-corrected chi connectivity index (χ4v) is 10.1. The Hall–Kier alpha value is 0.274. The highest BCUT2D eigenvalue weighted by Gasteiger charge is 2.53.